The van der Waals surface area contributed by atoms with Gasteiger partial charge in [-0.3, -0.25) is 0 Å². The molecule has 38 heavy (non-hydrogen) atoms. The van der Waals surface area contributed by atoms with Gasteiger partial charge in [-0.15, -0.1) is 0 Å². The highest BCUT2D eigenvalue weighted by molar-refractivity contribution is 7.12. The maximum absolute atomic E-state index is 2.68. The lowest BCUT2D eigenvalue weighted by atomic mass is 10.1. The molecule has 0 radical (unpaired) electrons. The monoisotopic (exact) mass is 508 g/mol. The van der Waals surface area contributed by atoms with Gasteiger partial charge in [0.25, 0.3) is 0 Å². The van der Waals surface area contributed by atoms with Crippen LogP contribution in [0.2, 0.25) is 0 Å². The molecule has 0 aliphatic heterocycles. The van der Waals surface area contributed by atoms with E-state index in [0.717, 1.165) is 0 Å². The quantitative estimate of drug-likeness (QED) is 0.176. The Morgan fingerprint density at radius 3 is 1.00 bits per heavy atom. The molecule has 0 saturated heterocycles. The maximum atomic E-state index is 2.50. The Balaban J connectivity index is 1.86. The Kier molecular flexibility index (Phi) is 6.00. The van der Waals surface area contributed by atoms with Gasteiger partial charge in [0.1, 0.15) is 0 Å². The minimum Gasteiger partial charge on any atom is -0.0619 e. The molecule has 0 spiro atoms. The maximum Gasteiger partial charge on any atom is 0.160 e. The number of hydrogen-bond donors (Lipinski definition) is 0. The van der Waals surface area contributed by atoms with Crippen LogP contribution in [0.15, 0.2) is 103 Å². The van der Waals surface area contributed by atoms with Gasteiger partial charge in [-0.1, -0.05) is 137 Å². The summed E-state index contributed by atoms with van der Waals surface area (Å²) in [6.07, 6.45) is 0. The fraction of sp³-hybridized carbons (Fsp3) is 0.189. The highest BCUT2D eigenvalue weighted by Gasteiger charge is 2.51. The SMILES string of the molecule is Cc1cc(C)cc([Si](c2cc(C)cc(C)c2)(c2cc(C)cc(C)c2)C2c3ccccc3-c3ccccc32)c1. The molecule has 5 aromatic rings. The number of hydrogen-bond acceptors (Lipinski definition) is 0. The first-order chi connectivity index (χ1) is 18.3. The van der Waals surface area contributed by atoms with Crippen molar-refractivity contribution in [1.29, 1.82) is 0 Å². The first kappa shape index (κ1) is 24.6. The lowest BCUT2D eigenvalue weighted by Crippen LogP contribution is -2.71. The van der Waals surface area contributed by atoms with Gasteiger partial charge in [0, 0.05) is 5.54 Å². The van der Waals surface area contributed by atoms with E-state index in [-0.39, 0.29) is 5.54 Å². The summed E-state index contributed by atoms with van der Waals surface area (Å²) >= 11 is 0. The van der Waals surface area contributed by atoms with Crippen molar-refractivity contribution in [1.82, 2.24) is 0 Å². The average Bonchev–Trinajstić information content (AvgIpc) is 3.18. The Labute approximate surface area is 229 Å². The molecule has 188 valence electrons. The van der Waals surface area contributed by atoms with Crippen LogP contribution in [0.5, 0.6) is 0 Å². The van der Waals surface area contributed by atoms with Crippen LogP contribution in [0, 0.1) is 41.5 Å². The van der Waals surface area contributed by atoms with Gasteiger partial charge in [0.2, 0.25) is 0 Å². The Morgan fingerprint density at radius 1 is 0.395 bits per heavy atom. The number of fused-ring (bicyclic) bond motifs is 3. The minimum absolute atomic E-state index is 0.276. The van der Waals surface area contributed by atoms with Gasteiger partial charge in [-0.05, 0) is 79.4 Å². The van der Waals surface area contributed by atoms with E-state index in [0.29, 0.717) is 0 Å². The Morgan fingerprint density at radius 2 is 0.684 bits per heavy atom. The van der Waals surface area contributed by atoms with Crippen molar-refractivity contribution >= 4 is 23.6 Å². The van der Waals surface area contributed by atoms with Crippen LogP contribution in [-0.2, 0) is 0 Å². The van der Waals surface area contributed by atoms with Gasteiger partial charge in [-0.2, -0.15) is 0 Å². The van der Waals surface area contributed by atoms with Crippen molar-refractivity contribution in [3.05, 3.63) is 148 Å². The molecule has 6 rings (SSSR count). The third-order valence-corrected chi connectivity index (χ3v) is 13.4. The van der Waals surface area contributed by atoms with Crippen LogP contribution in [0.3, 0.4) is 0 Å². The summed E-state index contributed by atoms with van der Waals surface area (Å²) in [4.78, 5) is 0. The highest BCUT2D eigenvalue weighted by Crippen LogP contribution is 2.48. The van der Waals surface area contributed by atoms with Crippen LogP contribution in [0.1, 0.15) is 50.0 Å². The summed E-state index contributed by atoms with van der Waals surface area (Å²) < 4.78 is 0. The summed E-state index contributed by atoms with van der Waals surface area (Å²) in [5, 5.41) is 4.50. The molecule has 0 bridgehead atoms. The largest absolute Gasteiger partial charge is 0.160 e. The topological polar surface area (TPSA) is 0 Å². The predicted molar refractivity (Wildman–Crippen MR) is 166 cm³/mol. The third-order valence-electron chi connectivity index (χ3n) is 8.30. The Hall–Kier alpha value is -3.68. The normalized spacial score (nSPS) is 12.9. The summed E-state index contributed by atoms with van der Waals surface area (Å²) in [5.41, 5.74) is 14.0. The van der Waals surface area contributed by atoms with Crippen LogP contribution in [0.4, 0.5) is 0 Å². The van der Waals surface area contributed by atoms with Gasteiger partial charge >= 0.3 is 0 Å². The van der Waals surface area contributed by atoms with Crippen LogP contribution in [0.25, 0.3) is 11.1 Å². The molecule has 0 atom stereocenters. The van der Waals surface area contributed by atoms with E-state index in [9.17, 15) is 0 Å². The Bertz CT molecular complexity index is 1460. The molecule has 0 amide bonds. The predicted octanol–water partition coefficient (Wildman–Crippen LogP) is 7.36. The van der Waals surface area contributed by atoms with E-state index in [1.54, 1.807) is 0 Å². The fourth-order valence-electron chi connectivity index (χ4n) is 7.23. The molecular formula is C37H36Si. The zero-order chi connectivity index (χ0) is 26.6. The molecule has 1 aliphatic rings. The molecule has 1 heteroatoms. The summed E-state index contributed by atoms with van der Waals surface area (Å²) in [7, 11) is -2.68. The van der Waals surface area contributed by atoms with Crippen molar-refractivity contribution in [2.24, 2.45) is 0 Å². The second kappa shape index (κ2) is 9.25. The smallest absolute Gasteiger partial charge is 0.0619 e. The molecule has 0 saturated carbocycles. The molecule has 0 nitrogen and oxygen atoms in total. The molecule has 0 fully saturated rings. The first-order valence-electron chi connectivity index (χ1n) is 13.7. The third kappa shape index (κ3) is 3.89. The molecule has 0 unspecified atom stereocenters. The molecular weight excluding hydrogens is 472 g/mol. The average molecular weight is 509 g/mol. The minimum atomic E-state index is -2.68. The first-order valence-corrected chi connectivity index (χ1v) is 15.8. The van der Waals surface area contributed by atoms with Crippen LogP contribution >= 0.6 is 0 Å². The second-order valence-electron chi connectivity index (χ2n) is 11.5. The van der Waals surface area contributed by atoms with Gasteiger partial charge in [0.15, 0.2) is 8.07 Å². The van der Waals surface area contributed by atoms with E-state index >= 15 is 0 Å². The van der Waals surface area contributed by atoms with E-state index < -0.39 is 8.07 Å². The molecule has 0 heterocycles. The van der Waals surface area contributed by atoms with Crippen LogP contribution in [-0.4, -0.2) is 8.07 Å². The summed E-state index contributed by atoms with van der Waals surface area (Å²) in [5.74, 6) is 0. The molecule has 0 N–H and O–H groups in total. The van der Waals surface area contributed by atoms with Crippen molar-refractivity contribution in [3.8, 4) is 11.1 Å². The number of aryl methyl sites for hydroxylation is 6. The number of rotatable bonds is 4. The lowest BCUT2D eigenvalue weighted by Gasteiger charge is -2.41. The number of benzene rings is 5. The zero-order valence-corrected chi connectivity index (χ0v) is 24.4. The van der Waals surface area contributed by atoms with E-state index in [2.05, 4.69) is 145 Å². The van der Waals surface area contributed by atoms with E-state index in [1.165, 1.54) is 71.2 Å². The summed E-state index contributed by atoms with van der Waals surface area (Å²) in [6, 6.07) is 40.3. The lowest BCUT2D eigenvalue weighted by molar-refractivity contribution is 1.15. The van der Waals surface area contributed by atoms with Crippen molar-refractivity contribution in [2.45, 2.75) is 47.1 Å². The standard InChI is InChI=1S/C37H36Si/c1-24-15-25(2)19-30(18-24)38(31-20-26(3)16-27(4)21-31,32-22-28(5)17-29(6)23-32)37-35-13-9-7-11-33(35)34-12-8-10-14-36(34)37/h7-23,37H,1-6H3. The van der Waals surface area contributed by atoms with E-state index in [1.807, 2.05) is 0 Å². The van der Waals surface area contributed by atoms with Crippen molar-refractivity contribution in [3.63, 3.8) is 0 Å². The summed E-state index contributed by atoms with van der Waals surface area (Å²) in [6.45, 7) is 13.6. The fourth-order valence-corrected chi connectivity index (χ4v) is 13.4. The molecule has 5 aromatic carbocycles. The molecule has 1 aliphatic carbocycles. The zero-order valence-electron chi connectivity index (χ0n) is 23.4. The van der Waals surface area contributed by atoms with E-state index in [4.69, 9.17) is 0 Å². The van der Waals surface area contributed by atoms with Crippen LogP contribution < -0.4 is 15.6 Å². The van der Waals surface area contributed by atoms with Crippen molar-refractivity contribution in [2.75, 3.05) is 0 Å². The van der Waals surface area contributed by atoms with Crippen molar-refractivity contribution < 1.29 is 0 Å². The second-order valence-corrected chi connectivity index (χ2v) is 15.5. The van der Waals surface area contributed by atoms with Gasteiger partial charge in [0.05, 0.1) is 0 Å². The highest BCUT2D eigenvalue weighted by atomic mass is 28.3. The van der Waals surface area contributed by atoms with Gasteiger partial charge in [-0.25, -0.2) is 0 Å². The van der Waals surface area contributed by atoms with Gasteiger partial charge < -0.3 is 0 Å². The molecule has 0 aromatic heterocycles.